The highest BCUT2D eigenvalue weighted by Gasteiger charge is 2.46. The number of hydrogen-bond donors (Lipinski definition) is 2. The van der Waals surface area contributed by atoms with E-state index in [0.29, 0.717) is 17.2 Å². The molecule has 126 valence electrons. The monoisotopic (exact) mass is 330 g/mol. The Hall–Kier alpha value is -2.76. The molecule has 2 amide bonds. The summed E-state index contributed by atoms with van der Waals surface area (Å²) in [5.41, 5.74) is 1.11. The summed E-state index contributed by atoms with van der Waals surface area (Å²) in [6.07, 6.45) is 1.69. The summed E-state index contributed by atoms with van der Waals surface area (Å²) in [5, 5.41) is 5.71. The number of hydrogen-bond acceptors (Lipinski definition) is 3. The minimum Gasteiger partial charge on any atom is -0.493 e. The summed E-state index contributed by atoms with van der Waals surface area (Å²) in [6.45, 7) is 0. The largest absolute Gasteiger partial charge is 0.493 e. The third-order valence-electron chi connectivity index (χ3n) is 4.14. The van der Waals surface area contributed by atoms with Gasteiger partial charge in [0, 0.05) is 5.69 Å². The van der Waals surface area contributed by atoms with E-state index in [1.807, 2.05) is 18.2 Å². The Morgan fingerprint density at radius 2 is 1.71 bits per heavy atom. The lowest BCUT2D eigenvalue weighted by Crippen LogP contribution is -2.38. The standard InChI is InChI=1S/C18H19FN2O3/c1-23-15-8-3-12(11-16(15)24-2)18(9-10-18)21-17(22)20-14-6-4-13(19)5-7-14/h3-8,11H,9-10H2,1-2H3,(H2,20,21,22). The molecule has 2 aromatic carbocycles. The second kappa shape index (κ2) is 6.39. The molecule has 0 atom stereocenters. The molecule has 3 rings (SSSR count). The highest BCUT2D eigenvalue weighted by Crippen LogP contribution is 2.47. The average Bonchev–Trinajstić information content (AvgIpc) is 3.36. The lowest BCUT2D eigenvalue weighted by atomic mass is 10.0. The first-order valence-electron chi connectivity index (χ1n) is 7.63. The van der Waals surface area contributed by atoms with Crippen LogP contribution in [0.1, 0.15) is 18.4 Å². The number of ether oxygens (including phenoxy) is 2. The van der Waals surface area contributed by atoms with E-state index in [1.54, 1.807) is 14.2 Å². The van der Waals surface area contributed by atoms with Gasteiger partial charge in [-0.3, -0.25) is 0 Å². The van der Waals surface area contributed by atoms with Crippen molar-refractivity contribution < 1.29 is 18.7 Å². The molecule has 0 saturated heterocycles. The predicted octanol–water partition coefficient (Wildman–Crippen LogP) is 3.65. The van der Waals surface area contributed by atoms with Gasteiger partial charge < -0.3 is 20.1 Å². The number of carbonyl (C=O) groups is 1. The molecule has 0 aromatic heterocycles. The maximum absolute atomic E-state index is 12.9. The van der Waals surface area contributed by atoms with Crippen molar-refractivity contribution in [1.29, 1.82) is 0 Å². The Balaban J connectivity index is 1.72. The van der Waals surface area contributed by atoms with Crippen LogP contribution in [0.5, 0.6) is 11.5 Å². The Kier molecular flexibility index (Phi) is 4.29. The first-order chi connectivity index (χ1) is 11.6. The molecular formula is C18H19FN2O3. The number of nitrogens with one attached hydrogen (secondary N) is 2. The third kappa shape index (κ3) is 3.27. The van der Waals surface area contributed by atoms with Gasteiger partial charge in [0.15, 0.2) is 11.5 Å². The summed E-state index contributed by atoms with van der Waals surface area (Å²) >= 11 is 0. The third-order valence-corrected chi connectivity index (χ3v) is 4.14. The van der Waals surface area contributed by atoms with Crippen molar-refractivity contribution >= 4 is 11.7 Å². The number of benzene rings is 2. The first kappa shape index (κ1) is 16.1. The zero-order chi connectivity index (χ0) is 17.2. The van der Waals surface area contributed by atoms with E-state index in [-0.39, 0.29) is 11.8 Å². The summed E-state index contributed by atoms with van der Waals surface area (Å²) in [6, 6.07) is 10.9. The Labute approximate surface area is 139 Å². The summed E-state index contributed by atoms with van der Waals surface area (Å²) in [4.78, 5) is 12.2. The van der Waals surface area contributed by atoms with Crippen molar-refractivity contribution in [3.8, 4) is 11.5 Å². The van der Waals surface area contributed by atoms with Gasteiger partial charge in [-0.1, -0.05) is 6.07 Å². The van der Waals surface area contributed by atoms with E-state index in [2.05, 4.69) is 10.6 Å². The van der Waals surface area contributed by atoms with Crippen molar-refractivity contribution in [3.63, 3.8) is 0 Å². The van der Waals surface area contributed by atoms with Gasteiger partial charge in [-0.15, -0.1) is 0 Å². The van der Waals surface area contributed by atoms with Crippen molar-refractivity contribution in [2.45, 2.75) is 18.4 Å². The SMILES string of the molecule is COc1ccc(C2(NC(=O)Nc3ccc(F)cc3)CC2)cc1OC. The van der Waals surface area contributed by atoms with E-state index in [0.717, 1.165) is 18.4 Å². The van der Waals surface area contributed by atoms with Gasteiger partial charge in [0.25, 0.3) is 0 Å². The number of urea groups is 1. The molecule has 1 aliphatic rings. The zero-order valence-electron chi connectivity index (χ0n) is 13.6. The van der Waals surface area contributed by atoms with Crippen LogP contribution >= 0.6 is 0 Å². The van der Waals surface area contributed by atoms with Crippen molar-refractivity contribution in [1.82, 2.24) is 5.32 Å². The second-order valence-corrected chi connectivity index (χ2v) is 5.74. The number of methoxy groups -OCH3 is 2. The van der Waals surface area contributed by atoms with Crippen LogP contribution in [0, 0.1) is 5.82 Å². The van der Waals surface area contributed by atoms with Gasteiger partial charge in [0.1, 0.15) is 5.82 Å². The van der Waals surface area contributed by atoms with Gasteiger partial charge in [-0.05, 0) is 54.8 Å². The molecule has 0 aliphatic heterocycles. The molecule has 2 aromatic rings. The molecule has 5 nitrogen and oxygen atoms in total. The van der Waals surface area contributed by atoms with Crippen LogP contribution in [0.15, 0.2) is 42.5 Å². The lowest BCUT2D eigenvalue weighted by Gasteiger charge is -2.20. The Bertz CT molecular complexity index is 742. The first-order valence-corrected chi connectivity index (χ1v) is 7.63. The molecule has 24 heavy (non-hydrogen) atoms. The van der Waals surface area contributed by atoms with Gasteiger partial charge in [0.2, 0.25) is 0 Å². The fourth-order valence-corrected chi connectivity index (χ4v) is 2.66. The molecule has 0 spiro atoms. The molecule has 0 unspecified atom stereocenters. The lowest BCUT2D eigenvalue weighted by molar-refractivity contribution is 0.247. The molecule has 1 aliphatic carbocycles. The molecule has 1 saturated carbocycles. The molecular weight excluding hydrogens is 311 g/mol. The summed E-state index contributed by atoms with van der Waals surface area (Å²) < 4.78 is 23.5. The quantitative estimate of drug-likeness (QED) is 0.880. The Morgan fingerprint density at radius 3 is 2.29 bits per heavy atom. The highest BCUT2D eigenvalue weighted by molar-refractivity contribution is 5.90. The molecule has 1 fully saturated rings. The number of carbonyl (C=O) groups excluding carboxylic acids is 1. The molecule has 0 heterocycles. The normalized spacial score (nSPS) is 14.6. The van der Waals surface area contributed by atoms with E-state index < -0.39 is 5.54 Å². The number of halogens is 1. The van der Waals surface area contributed by atoms with E-state index in [1.165, 1.54) is 24.3 Å². The van der Waals surface area contributed by atoms with E-state index in [4.69, 9.17) is 9.47 Å². The predicted molar refractivity (Wildman–Crippen MR) is 89.0 cm³/mol. The second-order valence-electron chi connectivity index (χ2n) is 5.74. The fourth-order valence-electron chi connectivity index (χ4n) is 2.66. The van der Waals surface area contributed by atoms with Crippen molar-refractivity contribution in [2.24, 2.45) is 0 Å². The van der Waals surface area contributed by atoms with Gasteiger partial charge in [-0.25, -0.2) is 9.18 Å². The minimum atomic E-state index is -0.399. The maximum Gasteiger partial charge on any atom is 0.319 e. The fraction of sp³-hybridized carbons (Fsp3) is 0.278. The van der Waals surface area contributed by atoms with Crippen LogP contribution in [0.25, 0.3) is 0 Å². The average molecular weight is 330 g/mol. The van der Waals surface area contributed by atoms with E-state index in [9.17, 15) is 9.18 Å². The minimum absolute atomic E-state index is 0.325. The van der Waals surface area contributed by atoms with Crippen LogP contribution in [0.4, 0.5) is 14.9 Å². The number of amides is 2. The molecule has 0 bridgehead atoms. The van der Waals surface area contributed by atoms with Gasteiger partial charge >= 0.3 is 6.03 Å². The van der Waals surface area contributed by atoms with Crippen molar-refractivity contribution in [3.05, 3.63) is 53.8 Å². The van der Waals surface area contributed by atoms with Crippen molar-refractivity contribution in [2.75, 3.05) is 19.5 Å². The van der Waals surface area contributed by atoms with Crippen LogP contribution in [-0.4, -0.2) is 20.3 Å². The Morgan fingerprint density at radius 1 is 1.04 bits per heavy atom. The summed E-state index contributed by atoms with van der Waals surface area (Å²) in [5.74, 6) is 0.930. The van der Waals surface area contributed by atoms with Crippen LogP contribution in [0.2, 0.25) is 0 Å². The van der Waals surface area contributed by atoms with Gasteiger partial charge in [-0.2, -0.15) is 0 Å². The number of rotatable bonds is 5. The smallest absolute Gasteiger partial charge is 0.319 e. The van der Waals surface area contributed by atoms with E-state index >= 15 is 0 Å². The topological polar surface area (TPSA) is 59.6 Å². The summed E-state index contributed by atoms with van der Waals surface area (Å²) in [7, 11) is 3.16. The number of anilines is 1. The molecule has 0 radical (unpaired) electrons. The van der Waals surface area contributed by atoms with Crippen LogP contribution < -0.4 is 20.1 Å². The van der Waals surface area contributed by atoms with Gasteiger partial charge in [0.05, 0.1) is 19.8 Å². The van der Waals surface area contributed by atoms with Crippen LogP contribution in [0.3, 0.4) is 0 Å². The maximum atomic E-state index is 12.9. The molecule has 6 heteroatoms. The van der Waals surface area contributed by atoms with Crippen LogP contribution in [-0.2, 0) is 5.54 Å². The zero-order valence-corrected chi connectivity index (χ0v) is 13.6. The molecule has 2 N–H and O–H groups in total. The highest BCUT2D eigenvalue weighted by atomic mass is 19.1.